The molecular weight excluding hydrogens is 264 g/mol. The van der Waals surface area contributed by atoms with E-state index in [4.69, 9.17) is 0 Å². The SMILES string of the molecule is CCCNC(CCN1CCCc2ccccc2C1)C(=O)O. The number of aliphatic carboxylic acids is 1. The Kier molecular flexibility index (Phi) is 6.21. The van der Waals surface area contributed by atoms with Crippen molar-refractivity contribution in [1.29, 1.82) is 0 Å². The van der Waals surface area contributed by atoms with Crippen LogP contribution in [0.5, 0.6) is 0 Å². The number of hydrogen-bond donors (Lipinski definition) is 2. The van der Waals surface area contributed by atoms with Crippen molar-refractivity contribution in [2.45, 2.75) is 45.2 Å². The second-order valence-corrected chi connectivity index (χ2v) is 5.78. The summed E-state index contributed by atoms with van der Waals surface area (Å²) in [7, 11) is 0. The van der Waals surface area contributed by atoms with Crippen LogP contribution in [0.4, 0.5) is 0 Å². The van der Waals surface area contributed by atoms with Crippen molar-refractivity contribution in [1.82, 2.24) is 10.2 Å². The monoisotopic (exact) mass is 290 g/mol. The van der Waals surface area contributed by atoms with Gasteiger partial charge in [0.2, 0.25) is 0 Å². The number of nitrogens with zero attached hydrogens (tertiary/aromatic N) is 1. The highest BCUT2D eigenvalue weighted by molar-refractivity contribution is 5.73. The zero-order valence-electron chi connectivity index (χ0n) is 12.8. The third kappa shape index (κ3) is 4.83. The minimum absolute atomic E-state index is 0.427. The third-order valence-corrected chi connectivity index (χ3v) is 4.11. The highest BCUT2D eigenvalue weighted by Gasteiger charge is 2.19. The molecule has 0 aliphatic carbocycles. The van der Waals surface area contributed by atoms with E-state index in [1.807, 2.05) is 0 Å². The first-order valence-corrected chi connectivity index (χ1v) is 7.96. The molecule has 2 N–H and O–H groups in total. The van der Waals surface area contributed by atoms with E-state index in [1.54, 1.807) is 0 Å². The molecule has 116 valence electrons. The lowest BCUT2D eigenvalue weighted by Gasteiger charge is -2.23. The van der Waals surface area contributed by atoms with E-state index in [0.29, 0.717) is 6.42 Å². The van der Waals surface area contributed by atoms with Crippen LogP contribution < -0.4 is 5.32 Å². The average Bonchev–Trinajstić information content (AvgIpc) is 2.68. The van der Waals surface area contributed by atoms with Crippen molar-refractivity contribution in [2.24, 2.45) is 0 Å². The molecule has 0 aromatic heterocycles. The molecule has 1 aliphatic heterocycles. The average molecular weight is 290 g/mol. The van der Waals surface area contributed by atoms with Gasteiger partial charge >= 0.3 is 5.97 Å². The molecule has 1 aromatic carbocycles. The second-order valence-electron chi connectivity index (χ2n) is 5.78. The van der Waals surface area contributed by atoms with E-state index in [1.165, 1.54) is 11.1 Å². The van der Waals surface area contributed by atoms with Crippen LogP contribution in [0.15, 0.2) is 24.3 Å². The smallest absolute Gasteiger partial charge is 0.320 e. The van der Waals surface area contributed by atoms with Gasteiger partial charge in [-0.15, -0.1) is 0 Å². The highest BCUT2D eigenvalue weighted by Crippen LogP contribution is 2.18. The van der Waals surface area contributed by atoms with E-state index < -0.39 is 12.0 Å². The van der Waals surface area contributed by atoms with Gasteiger partial charge in [0.05, 0.1) is 0 Å². The maximum absolute atomic E-state index is 11.3. The van der Waals surface area contributed by atoms with Crippen LogP contribution in [-0.4, -0.2) is 41.7 Å². The summed E-state index contributed by atoms with van der Waals surface area (Å²) in [6.45, 7) is 5.64. The standard InChI is InChI=1S/C17H26N2O2/c1-2-10-18-16(17(20)21)9-12-19-11-5-8-14-6-3-4-7-15(14)13-19/h3-4,6-7,16,18H,2,5,8-13H2,1H3,(H,20,21). The molecule has 0 saturated heterocycles. The van der Waals surface area contributed by atoms with E-state index in [9.17, 15) is 9.90 Å². The molecule has 0 bridgehead atoms. The Balaban J connectivity index is 1.89. The van der Waals surface area contributed by atoms with Crippen molar-refractivity contribution in [3.8, 4) is 0 Å². The first kappa shape index (κ1) is 16.0. The first-order chi connectivity index (χ1) is 10.2. The minimum atomic E-state index is -0.737. The van der Waals surface area contributed by atoms with E-state index >= 15 is 0 Å². The highest BCUT2D eigenvalue weighted by atomic mass is 16.4. The molecule has 0 radical (unpaired) electrons. The van der Waals surface area contributed by atoms with E-state index in [-0.39, 0.29) is 0 Å². The number of carbonyl (C=O) groups is 1. The number of carboxylic acid groups (broad SMARTS) is 1. The molecule has 1 atom stereocenters. The molecule has 4 heteroatoms. The van der Waals surface area contributed by atoms with Gasteiger partial charge in [0.1, 0.15) is 6.04 Å². The molecule has 0 saturated carbocycles. The summed E-state index contributed by atoms with van der Waals surface area (Å²) in [5.41, 5.74) is 2.84. The summed E-state index contributed by atoms with van der Waals surface area (Å²) in [6, 6.07) is 8.16. The summed E-state index contributed by atoms with van der Waals surface area (Å²) in [5, 5.41) is 12.4. The number of aryl methyl sites for hydroxylation is 1. The predicted octanol–water partition coefficient (Wildman–Crippen LogP) is 2.28. The Morgan fingerprint density at radius 3 is 2.86 bits per heavy atom. The van der Waals surface area contributed by atoms with Crippen LogP contribution in [0.2, 0.25) is 0 Å². The molecule has 0 amide bonds. The lowest BCUT2D eigenvalue weighted by Crippen LogP contribution is -2.40. The molecular formula is C17H26N2O2. The number of fused-ring (bicyclic) bond motifs is 1. The molecule has 2 rings (SSSR count). The van der Waals surface area contributed by atoms with Crippen molar-refractivity contribution in [3.05, 3.63) is 35.4 Å². The number of nitrogens with one attached hydrogen (secondary N) is 1. The van der Waals surface area contributed by atoms with E-state index in [2.05, 4.69) is 41.4 Å². The Morgan fingerprint density at radius 1 is 1.38 bits per heavy atom. The molecule has 4 nitrogen and oxygen atoms in total. The van der Waals surface area contributed by atoms with Gasteiger partial charge in [0, 0.05) is 13.1 Å². The molecule has 1 unspecified atom stereocenters. The Morgan fingerprint density at radius 2 is 2.14 bits per heavy atom. The number of rotatable bonds is 7. The normalized spacial score (nSPS) is 17.0. The predicted molar refractivity (Wildman–Crippen MR) is 84.4 cm³/mol. The summed E-state index contributed by atoms with van der Waals surface area (Å²) in [4.78, 5) is 13.6. The maximum atomic E-state index is 11.3. The zero-order chi connectivity index (χ0) is 15.1. The van der Waals surface area contributed by atoms with Crippen LogP contribution in [0, 0.1) is 0 Å². The largest absolute Gasteiger partial charge is 0.480 e. The molecule has 1 aromatic rings. The topological polar surface area (TPSA) is 52.6 Å². The van der Waals surface area contributed by atoms with Gasteiger partial charge in [-0.1, -0.05) is 31.2 Å². The molecule has 21 heavy (non-hydrogen) atoms. The van der Waals surface area contributed by atoms with Crippen LogP contribution >= 0.6 is 0 Å². The summed E-state index contributed by atoms with van der Waals surface area (Å²) in [5.74, 6) is -0.737. The summed E-state index contributed by atoms with van der Waals surface area (Å²) in [6.07, 6.45) is 3.90. The van der Waals surface area contributed by atoms with E-state index in [0.717, 1.165) is 45.4 Å². The molecule has 0 spiro atoms. The molecule has 1 heterocycles. The van der Waals surface area contributed by atoms with Gasteiger partial charge in [0.25, 0.3) is 0 Å². The molecule has 0 fully saturated rings. The Hall–Kier alpha value is -1.39. The fraction of sp³-hybridized carbons (Fsp3) is 0.588. The fourth-order valence-electron chi connectivity index (χ4n) is 2.90. The number of carboxylic acids is 1. The van der Waals surface area contributed by atoms with Crippen molar-refractivity contribution < 1.29 is 9.90 Å². The lowest BCUT2D eigenvalue weighted by atomic mass is 10.0. The Bertz CT molecular complexity index is 462. The second kappa shape index (κ2) is 8.15. The van der Waals surface area contributed by atoms with Crippen LogP contribution in [0.3, 0.4) is 0 Å². The van der Waals surface area contributed by atoms with Gasteiger partial charge < -0.3 is 10.4 Å². The summed E-state index contributed by atoms with van der Waals surface area (Å²) >= 11 is 0. The maximum Gasteiger partial charge on any atom is 0.320 e. The number of hydrogen-bond acceptors (Lipinski definition) is 3. The molecule has 1 aliphatic rings. The van der Waals surface area contributed by atoms with Gasteiger partial charge in [-0.3, -0.25) is 9.69 Å². The summed E-state index contributed by atoms with van der Waals surface area (Å²) < 4.78 is 0. The lowest BCUT2D eigenvalue weighted by molar-refractivity contribution is -0.139. The third-order valence-electron chi connectivity index (χ3n) is 4.11. The van der Waals surface area contributed by atoms with Crippen LogP contribution in [-0.2, 0) is 17.8 Å². The first-order valence-electron chi connectivity index (χ1n) is 7.96. The van der Waals surface area contributed by atoms with Gasteiger partial charge in [-0.25, -0.2) is 0 Å². The van der Waals surface area contributed by atoms with Crippen LogP contribution in [0.25, 0.3) is 0 Å². The van der Waals surface area contributed by atoms with Crippen molar-refractivity contribution >= 4 is 5.97 Å². The van der Waals surface area contributed by atoms with Crippen LogP contribution in [0.1, 0.15) is 37.3 Å². The van der Waals surface area contributed by atoms with Crippen molar-refractivity contribution in [2.75, 3.05) is 19.6 Å². The van der Waals surface area contributed by atoms with Gasteiger partial charge in [-0.05, 0) is 49.9 Å². The quantitative estimate of drug-likeness (QED) is 0.809. The Labute approximate surface area is 127 Å². The fourth-order valence-corrected chi connectivity index (χ4v) is 2.90. The minimum Gasteiger partial charge on any atom is -0.480 e. The number of benzene rings is 1. The van der Waals surface area contributed by atoms with Gasteiger partial charge in [0.15, 0.2) is 0 Å². The zero-order valence-corrected chi connectivity index (χ0v) is 12.8. The van der Waals surface area contributed by atoms with Crippen molar-refractivity contribution in [3.63, 3.8) is 0 Å². The van der Waals surface area contributed by atoms with Gasteiger partial charge in [-0.2, -0.15) is 0 Å².